The molecular formula is C7H13O5P. The molecule has 0 aromatic carbocycles. The van der Waals surface area contributed by atoms with Gasteiger partial charge in [-0.2, -0.15) is 0 Å². The summed E-state index contributed by atoms with van der Waals surface area (Å²) >= 11 is 0. The van der Waals surface area contributed by atoms with Gasteiger partial charge < -0.3 is 14.5 Å². The molecule has 0 aromatic rings. The monoisotopic (exact) mass is 208 g/mol. The lowest BCUT2D eigenvalue weighted by Crippen LogP contribution is -1.98. The first-order chi connectivity index (χ1) is 5.85. The molecule has 0 rings (SSSR count). The Labute approximate surface area is 76.6 Å². The maximum absolute atomic E-state index is 10.6. The van der Waals surface area contributed by atoms with Gasteiger partial charge in [-0.05, 0) is 6.92 Å². The predicted octanol–water partition coefficient (Wildman–Crippen LogP) is 0.673. The van der Waals surface area contributed by atoms with Gasteiger partial charge in [0, 0.05) is 0 Å². The van der Waals surface area contributed by atoms with Crippen LogP contribution in [0.1, 0.15) is 13.3 Å². The van der Waals surface area contributed by atoms with Crippen LogP contribution in [-0.4, -0.2) is 29.0 Å². The summed E-state index contributed by atoms with van der Waals surface area (Å²) < 4.78 is 14.8. The second-order valence-electron chi connectivity index (χ2n) is 2.65. The highest BCUT2D eigenvalue weighted by Gasteiger charge is 2.13. The van der Waals surface area contributed by atoms with Gasteiger partial charge in [0.1, 0.15) is 0 Å². The molecule has 0 bridgehead atoms. The zero-order chi connectivity index (χ0) is 10.5. The summed E-state index contributed by atoms with van der Waals surface area (Å²) in [6.45, 7) is 1.56. The van der Waals surface area contributed by atoms with Crippen LogP contribution >= 0.6 is 7.60 Å². The molecule has 0 saturated heterocycles. The SMILES string of the molecule is COC(=O)CC=C(C)CP(=O)(O)O. The van der Waals surface area contributed by atoms with E-state index in [4.69, 9.17) is 9.79 Å². The lowest BCUT2D eigenvalue weighted by molar-refractivity contribution is -0.139. The Kier molecular flexibility index (Phi) is 4.91. The Morgan fingerprint density at radius 3 is 2.46 bits per heavy atom. The van der Waals surface area contributed by atoms with Crippen LogP contribution < -0.4 is 0 Å². The van der Waals surface area contributed by atoms with E-state index in [1.807, 2.05) is 0 Å². The number of allylic oxidation sites excluding steroid dienone is 1. The molecule has 0 spiro atoms. The zero-order valence-electron chi connectivity index (χ0n) is 7.56. The smallest absolute Gasteiger partial charge is 0.329 e. The fraction of sp³-hybridized carbons (Fsp3) is 0.571. The largest absolute Gasteiger partial charge is 0.469 e. The third kappa shape index (κ3) is 7.71. The van der Waals surface area contributed by atoms with Crippen LogP contribution in [0.4, 0.5) is 0 Å². The van der Waals surface area contributed by atoms with Crippen LogP contribution in [0.5, 0.6) is 0 Å². The van der Waals surface area contributed by atoms with Crippen LogP contribution in [0.25, 0.3) is 0 Å². The minimum atomic E-state index is -4.01. The Hall–Kier alpha value is -0.640. The number of esters is 1. The fourth-order valence-corrected chi connectivity index (χ4v) is 1.51. The molecule has 0 fully saturated rings. The molecule has 0 heterocycles. The third-order valence-electron chi connectivity index (χ3n) is 1.30. The minimum absolute atomic E-state index is 0.0440. The first kappa shape index (κ1) is 12.4. The molecule has 0 amide bonds. The first-order valence-electron chi connectivity index (χ1n) is 3.62. The van der Waals surface area contributed by atoms with Gasteiger partial charge >= 0.3 is 13.6 Å². The molecule has 13 heavy (non-hydrogen) atoms. The summed E-state index contributed by atoms with van der Waals surface area (Å²) in [7, 11) is -2.75. The third-order valence-corrected chi connectivity index (χ3v) is 2.21. The van der Waals surface area contributed by atoms with Crippen molar-refractivity contribution in [3.63, 3.8) is 0 Å². The van der Waals surface area contributed by atoms with Crippen molar-refractivity contribution in [3.05, 3.63) is 11.6 Å². The minimum Gasteiger partial charge on any atom is -0.469 e. The molecule has 2 N–H and O–H groups in total. The van der Waals surface area contributed by atoms with Crippen LogP contribution in [0.3, 0.4) is 0 Å². The average Bonchev–Trinajstić information content (AvgIpc) is 1.97. The van der Waals surface area contributed by atoms with Crippen LogP contribution in [0, 0.1) is 0 Å². The van der Waals surface area contributed by atoms with Gasteiger partial charge in [0.15, 0.2) is 0 Å². The van der Waals surface area contributed by atoms with Gasteiger partial charge in [0.25, 0.3) is 0 Å². The topological polar surface area (TPSA) is 83.8 Å². The molecule has 0 aromatic heterocycles. The van der Waals surface area contributed by atoms with Crippen molar-refractivity contribution < 1.29 is 23.9 Å². The maximum atomic E-state index is 10.6. The fourth-order valence-electron chi connectivity index (χ4n) is 0.730. The van der Waals surface area contributed by atoms with Crippen molar-refractivity contribution in [1.82, 2.24) is 0 Å². The molecular weight excluding hydrogens is 195 g/mol. The summed E-state index contributed by atoms with van der Waals surface area (Å²) in [5.41, 5.74) is 0.485. The normalized spacial score (nSPS) is 12.8. The highest BCUT2D eigenvalue weighted by molar-refractivity contribution is 7.52. The number of methoxy groups -OCH3 is 1. The number of hydrogen-bond acceptors (Lipinski definition) is 3. The summed E-state index contributed by atoms with van der Waals surface area (Å²) in [4.78, 5) is 27.8. The van der Waals surface area contributed by atoms with Crippen molar-refractivity contribution in [2.24, 2.45) is 0 Å². The van der Waals surface area contributed by atoms with E-state index in [1.54, 1.807) is 6.92 Å². The second kappa shape index (κ2) is 5.17. The van der Waals surface area contributed by atoms with E-state index in [0.717, 1.165) is 0 Å². The van der Waals surface area contributed by atoms with E-state index >= 15 is 0 Å². The van der Waals surface area contributed by atoms with E-state index < -0.39 is 13.6 Å². The van der Waals surface area contributed by atoms with Gasteiger partial charge in [0.05, 0.1) is 19.7 Å². The summed E-state index contributed by atoms with van der Waals surface area (Å²) in [6.07, 6.45) is 1.18. The quantitative estimate of drug-likeness (QED) is 0.403. The number of hydrogen-bond donors (Lipinski definition) is 2. The predicted molar refractivity (Wildman–Crippen MR) is 47.3 cm³/mol. The van der Waals surface area contributed by atoms with Crippen LogP contribution in [0.15, 0.2) is 11.6 Å². The first-order valence-corrected chi connectivity index (χ1v) is 5.42. The molecule has 0 saturated carbocycles. The lowest BCUT2D eigenvalue weighted by atomic mass is 10.3. The Balaban J connectivity index is 4.04. The Morgan fingerprint density at radius 2 is 2.08 bits per heavy atom. The molecule has 0 aliphatic carbocycles. The van der Waals surface area contributed by atoms with Crippen molar-refractivity contribution in [2.45, 2.75) is 13.3 Å². The van der Waals surface area contributed by atoms with E-state index in [1.165, 1.54) is 13.2 Å². The summed E-state index contributed by atoms with van der Waals surface area (Å²) in [6, 6.07) is 0. The summed E-state index contributed by atoms with van der Waals surface area (Å²) in [5.74, 6) is -0.426. The molecule has 5 nitrogen and oxygen atoms in total. The van der Waals surface area contributed by atoms with Gasteiger partial charge in [-0.25, -0.2) is 0 Å². The van der Waals surface area contributed by atoms with Crippen LogP contribution in [-0.2, 0) is 14.1 Å². The molecule has 0 aliphatic rings. The van der Waals surface area contributed by atoms with Crippen molar-refractivity contribution in [3.8, 4) is 0 Å². The molecule has 0 unspecified atom stereocenters. The average molecular weight is 208 g/mol. The second-order valence-corrected chi connectivity index (χ2v) is 4.30. The van der Waals surface area contributed by atoms with Gasteiger partial charge in [-0.15, -0.1) is 0 Å². The number of carbonyl (C=O) groups is 1. The van der Waals surface area contributed by atoms with Crippen LogP contribution in [0.2, 0.25) is 0 Å². The number of rotatable bonds is 4. The molecule has 6 heteroatoms. The Morgan fingerprint density at radius 1 is 1.54 bits per heavy atom. The molecule has 76 valence electrons. The van der Waals surface area contributed by atoms with Crippen molar-refractivity contribution >= 4 is 13.6 Å². The van der Waals surface area contributed by atoms with E-state index in [9.17, 15) is 9.36 Å². The van der Waals surface area contributed by atoms with Gasteiger partial charge in [-0.1, -0.05) is 11.6 Å². The van der Waals surface area contributed by atoms with Crippen molar-refractivity contribution in [2.75, 3.05) is 13.3 Å². The van der Waals surface area contributed by atoms with E-state index in [-0.39, 0.29) is 12.6 Å². The Bertz CT molecular complexity index is 252. The highest BCUT2D eigenvalue weighted by atomic mass is 31.2. The molecule has 0 radical (unpaired) electrons. The molecule has 0 aliphatic heterocycles. The highest BCUT2D eigenvalue weighted by Crippen LogP contribution is 2.36. The van der Waals surface area contributed by atoms with E-state index in [0.29, 0.717) is 5.57 Å². The maximum Gasteiger partial charge on any atom is 0.329 e. The number of ether oxygens (including phenoxy) is 1. The lowest BCUT2D eigenvalue weighted by Gasteiger charge is -2.03. The van der Waals surface area contributed by atoms with Gasteiger partial charge in [0.2, 0.25) is 0 Å². The van der Waals surface area contributed by atoms with Crippen molar-refractivity contribution in [1.29, 1.82) is 0 Å². The summed E-state index contributed by atoms with van der Waals surface area (Å²) in [5, 5.41) is 0. The van der Waals surface area contributed by atoms with Gasteiger partial charge in [-0.3, -0.25) is 9.36 Å². The molecule has 0 atom stereocenters. The number of carbonyl (C=O) groups excluding carboxylic acids is 1. The van der Waals surface area contributed by atoms with E-state index in [2.05, 4.69) is 4.74 Å². The zero-order valence-corrected chi connectivity index (χ0v) is 8.45. The standard InChI is InChI=1S/C7H13O5P/c1-6(5-13(9,10)11)3-4-7(8)12-2/h3H,4-5H2,1-2H3,(H2,9,10,11).